The summed E-state index contributed by atoms with van der Waals surface area (Å²) in [6.07, 6.45) is 2.36. The molecular weight excluding hydrogens is 364 g/mol. The summed E-state index contributed by atoms with van der Waals surface area (Å²) >= 11 is 0. The minimum atomic E-state index is -1.95. The van der Waals surface area contributed by atoms with Crippen molar-refractivity contribution in [3.8, 4) is 5.75 Å². The maximum Gasteiger partial charge on any atom is 0.363 e. The standard InChI is InChI=1S/C21H26O7/c1-19(2,3)27-17(24)21(18(25)28-20(4,5)6)12-14-11-13(8-10-16(22)23)7-9-15(14)26-21/h7-11H,12H2,1-6H3,(H,22,23). The van der Waals surface area contributed by atoms with Gasteiger partial charge >= 0.3 is 23.5 Å². The summed E-state index contributed by atoms with van der Waals surface area (Å²) in [6.45, 7) is 10.2. The van der Waals surface area contributed by atoms with Crippen LogP contribution in [0.25, 0.3) is 6.08 Å². The van der Waals surface area contributed by atoms with Crippen LogP contribution in [-0.2, 0) is 30.3 Å². The maximum atomic E-state index is 12.9. The van der Waals surface area contributed by atoms with Crippen LogP contribution >= 0.6 is 0 Å². The van der Waals surface area contributed by atoms with E-state index in [2.05, 4.69) is 0 Å². The third-order valence-corrected chi connectivity index (χ3v) is 3.68. The topological polar surface area (TPSA) is 99.1 Å². The highest BCUT2D eigenvalue weighted by Crippen LogP contribution is 2.39. The van der Waals surface area contributed by atoms with Gasteiger partial charge in [-0.1, -0.05) is 6.07 Å². The van der Waals surface area contributed by atoms with Gasteiger partial charge in [-0.15, -0.1) is 0 Å². The molecule has 7 heteroatoms. The summed E-state index contributed by atoms with van der Waals surface area (Å²) in [4.78, 5) is 36.6. The second kappa shape index (κ2) is 7.30. The Morgan fingerprint density at radius 1 is 1.04 bits per heavy atom. The van der Waals surface area contributed by atoms with Crippen LogP contribution in [0.4, 0.5) is 0 Å². The van der Waals surface area contributed by atoms with Crippen LogP contribution in [0.5, 0.6) is 5.75 Å². The molecule has 1 aromatic carbocycles. The van der Waals surface area contributed by atoms with Gasteiger partial charge in [0.25, 0.3) is 0 Å². The first kappa shape index (κ1) is 21.5. The van der Waals surface area contributed by atoms with Crippen LogP contribution in [0, 0.1) is 0 Å². The van der Waals surface area contributed by atoms with E-state index in [1.165, 1.54) is 6.08 Å². The van der Waals surface area contributed by atoms with E-state index >= 15 is 0 Å². The van der Waals surface area contributed by atoms with E-state index in [4.69, 9.17) is 19.3 Å². The zero-order valence-corrected chi connectivity index (χ0v) is 17.0. The van der Waals surface area contributed by atoms with Crippen LogP contribution < -0.4 is 4.74 Å². The number of hydrogen-bond acceptors (Lipinski definition) is 6. The van der Waals surface area contributed by atoms with Crippen LogP contribution in [0.15, 0.2) is 24.3 Å². The number of carboxylic acid groups (broad SMARTS) is 1. The average Bonchev–Trinajstić information content (AvgIpc) is 2.89. The Labute approximate surface area is 164 Å². The smallest absolute Gasteiger partial charge is 0.363 e. The molecular formula is C21H26O7. The molecule has 0 amide bonds. The summed E-state index contributed by atoms with van der Waals surface area (Å²) in [6, 6.07) is 4.90. The van der Waals surface area contributed by atoms with E-state index in [0.717, 1.165) is 6.08 Å². The first-order chi connectivity index (χ1) is 12.7. The summed E-state index contributed by atoms with van der Waals surface area (Å²) < 4.78 is 16.7. The summed E-state index contributed by atoms with van der Waals surface area (Å²) in [5.74, 6) is -2.38. The predicted molar refractivity (Wildman–Crippen MR) is 102 cm³/mol. The van der Waals surface area contributed by atoms with Crippen molar-refractivity contribution >= 4 is 24.0 Å². The Morgan fingerprint density at radius 3 is 2.04 bits per heavy atom. The van der Waals surface area contributed by atoms with E-state index in [1.807, 2.05) is 0 Å². The van der Waals surface area contributed by atoms with Gasteiger partial charge in [-0.05, 0) is 65.3 Å². The molecule has 0 aromatic heterocycles. The van der Waals surface area contributed by atoms with E-state index in [9.17, 15) is 14.4 Å². The summed E-state index contributed by atoms with van der Waals surface area (Å²) in [5.41, 5.74) is -2.39. The van der Waals surface area contributed by atoms with Gasteiger partial charge in [0.05, 0.1) is 0 Å². The Morgan fingerprint density at radius 2 is 1.57 bits per heavy atom. The Balaban J connectivity index is 2.41. The SMILES string of the molecule is CC(C)(C)OC(=O)C1(C(=O)OC(C)(C)C)Cc2cc(C=CC(=O)O)ccc2O1. The number of hydrogen-bond donors (Lipinski definition) is 1. The van der Waals surface area contributed by atoms with Gasteiger partial charge in [-0.3, -0.25) is 0 Å². The molecule has 0 spiro atoms. The third kappa shape index (κ3) is 5.12. The lowest BCUT2D eigenvalue weighted by atomic mass is 9.95. The Kier molecular flexibility index (Phi) is 5.59. The van der Waals surface area contributed by atoms with E-state index in [0.29, 0.717) is 16.9 Å². The van der Waals surface area contributed by atoms with Gasteiger partial charge in [0.1, 0.15) is 17.0 Å². The highest BCUT2D eigenvalue weighted by Gasteiger charge is 2.57. The molecule has 7 nitrogen and oxygen atoms in total. The molecule has 0 aliphatic carbocycles. The fourth-order valence-electron chi connectivity index (χ4n) is 2.63. The largest absolute Gasteiger partial charge is 0.478 e. The number of esters is 2. The van der Waals surface area contributed by atoms with E-state index in [1.54, 1.807) is 59.7 Å². The molecule has 0 unspecified atom stereocenters. The van der Waals surface area contributed by atoms with E-state index in [-0.39, 0.29) is 6.42 Å². The summed E-state index contributed by atoms with van der Waals surface area (Å²) in [7, 11) is 0. The molecule has 2 rings (SSSR count). The lowest BCUT2D eigenvalue weighted by Gasteiger charge is -2.31. The molecule has 28 heavy (non-hydrogen) atoms. The van der Waals surface area contributed by atoms with Crippen molar-refractivity contribution in [3.63, 3.8) is 0 Å². The molecule has 1 aliphatic rings. The number of carboxylic acids is 1. The van der Waals surface area contributed by atoms with Gasteiger partial charge in [-0.2, -0.15) is 0 Å². The van der Waals surface area contributed by atoms with Crippen molar-refractivity contribution in [1.82, 2.24) is 0 Å². The second-order valence-corrected chi connectivity index (χ2v) is 8.65. The zero-order chi connectivity index (χ0) is 21.3. The molecule has 0 radical (unpaired) electrons. The molecule has 0 bridgehead atoms. The van der Waals surface area contributed by atoms with Crippen molar-refractivity contribution in [2.24, 2.45) is 0 Å². The molecule has 0 saturated carbocycles. The number of rotatable bonds is 4. The molecule has 0 atom stereocenters. The summed E-state index contributed by atoms with van der Waals surface area (Å²) in [5, 5.41) is 8.78. The van der Waals surface area contributed by atoms with Gasteiger partial charge in [0.15, 0.2) is 0 Å². The Hall–Kier alpha value is -2.83. The normalized spacial score (nSPS) is 15.6. The molecule has 1 aliphatic heterocycles. The van der Waals surface area contributed by atoms with Crippen molar-refractivity contribution in [3.05, 3.63) is 35.4 Å². The fraction of sp³-hybridized carbons (Fsp3) is 0.476. The molecule has 1 heterocycles. The van der Waals surface area contributed by atoms with E-state index < -0.39 is 34.7 Å². The number of benzene rings is 1. The molecule has 1 N–H and O–H groups in total. The lowest BCUT2D eigenvalue weighted by Crippen LogP contribution is -2.55. The number of aliphatic carboxylic acids is 1. The Bertz CT molecular complexity index is 794. The second-order valence-electron chi connectivity index (χ2n) is 8.65. The highest BCUT2D eigenvalue weighted by molar-refractivity contribution is 6.05. The van der Waals surface area contributed by atoms with Gasteiger partial charge in [-0.25, -0.2) is 14.4 Å². The fourth-order valence-corrected chi connectivity index (χ4v) is 2.63. The van der Waals surface area contributed by atoms with Crippen LogP contribution in [0.3, 0.4) is 0 Å². The number of ether oxygens (including phenoxy) is 3. The zero-order valence-electron chi connectivity index (χ0n) is 17.0. The number of fused-ring (bicyclic) bond motifs is 1. The van der Waals surface area contributed by atoms with Crippen molar-refractivity contribution in [1.29, 1.82) is 0 Å². The monoisotopic (exact) mass is 390 g/mol. The van der Waals surface area contributed by atoms with Crippen molar-refractivity contribution < 1.29 is 33.7 Å². The quantitative estimate of drug-likeness (QED) is 0.479. The first-order valence-electron chi connectivity index (χ1n) is 8.92. The minimum absolute atomic E-state index is 0.0685. The molecule has 152 valence electrons. The molecule has 1 aromatic rings. The molecule has 0 fully saturated rings. The maximum absolute atomic E-state index is 12.9. The highest BCUT2D eigenvalue weighted by atomic mass is 16.6. The van der Waals surface area contributed by atoms with Gasteiger partial charge in [0.2, 0.25) is 0 Å². The predicted octanol–water partition coefficient (Wildman–Crippen LogP) is 3.14. The van der Waals surface area contributed by atoms with Crippen molar-refractivity contribution in [2.75, 3.05) is 0 Å². The van der Waals surface area contributed by atoms with Crippen LogP contribution in [-0.4, -0.2) is 39.8 Å². The van der Waals surface area contributed by atoms with Crippen molar-refractivity contribution in [2.45, 2.75) is 64.8 Å². The average molecular weight is 390 g/mol. The van der Waals surface area contributed by atoms with Gasteiger partial charge < -0.3 is 19.3 Å². The molecule has 0 saturated heterocycles. The van der Waals surface area contributed by atoms with Gasteiger partial charge in [0, 0.05) is 18.1 Å². The van der Waals surface area contributed by atoms with Crippen LogP contribution in [0.1, 0.15) is 52.7 Å². The lowest BCUT2D eigenvalue weighted by molar-refractivity contribution is -0.191. The third-order valence-electron chi connectivity index (χ3n) is 3.68. The number of carbonyl (C=O) groups excluding carboxylic acids is 2. The first-order valence-corrected chi connectivity index (χ1v) is 8.92. The minimum Gasteiger partial charge on any atom is -0.478 e. The van der Waals surface area contributed by atoms with Crippen LogP contribution in [0.2, 0.25) is 0 Å². The number of carbonyl (C=O) groups is 3.